The number of rotatable bonds is 2. The van der Waals surface area contributed by atoms with Gasteiger partial charge >= 0.3 is 0 Å². The first-order chi connectivity index (χ1) is 8.52. The molecular weight excluding hydrogens is 248 g/mol. The van der Waals surface area contributed by atoms with Gasteiger partial charge in [-0.05, 0) is 18.8 Å². The number of halogens is 4. The van der Waals surface area contributed by atoms with E-state index in [9.17, 15) is 22.7 Å². The van der Waals surface area contributed by atoms with E-state index >= 15 is 0 Å². The second kappa shape index (κ2) is 5.26. The van der Waals surface area contributed by atoms with Gasteiger partial charge in [0, 0.05) is 6.07 Å². The summed E-state index contributed by atoms with van der Waals surface area (Å²) in [5.74, 6) is -6.28. The number of hydrogen-bond acceptors (Lipinski definition) is 1. The monoisotopic (exact) mass is 262 g/mol. The maximum Gasteiger partial charge on any atom is 0.167 e. The quantitative estimate of drug-likeness (QED) is 0.634. The third kappa shape index (κ3) is 2.36. The summed E-state index contributed by atoms with van der Waals surface area (Å²) >= 11 is 0. The molecule has 0 amide bonds. The second-order valence-corrected chi connectivity index (χ2v) is 4.72. The Hall–Kier alpha value is -1.10. The lowest BCUT2D eigenvalue weighted by molar-refractivity contribution is 0.0766. The summed E-state index contributed by atoms with van der Waals surface area (Å²) in [4.78, 5) is 0. The minimum atomic E-state index is -1.49. The highest BCUT2D eigenvalue weighted by Gasteiger charge is 2.31. The Bertz CT molecular complexity index is 415. The van der Waals surface area contributed by atoms with Gasteiger partial charge in [0.15, 0.2) is 23.3 Å². The molecule has 1 fully saturated rings. The van der Waals surface area contributed by atoms with E-state index in [0.717, 1.165) is 19.3 Å². The van der Waals surface area contributed by atoms with E-state index in [4.69, 9.17) is 0 Å². The van der Waals surface area contributed by atoms with Crippen molar-refractivity contribution in [3.05, 3.63) is 34.9 Å². The summed E-state index contributed by atoms with van der Waals surface area (Å²) in [6.45, 7) is 0. The van der Waals surface area contributed by atoms with Gasteiger partial charge in [-0.3, -0.25) is 0 Å². The van der Waals surface area contributed by atoms with Crippen LogP contribution in [0, 0.1) is 29.2 Å². The van der Waals surface area contributed by atoms with E-state index in [1.54, 1.807) is 0 Å². The fourth-order valence-corrected chi connectivity index (χ4v) is 2.54. The smallest absolute Gasteiger partial charge is 0.167 e. The number of aliphatic hydroxyl groups excluding tert-OH is 1. The maximum atomic E-state index is 13.5. The lowest BCUT2D eigenvalue weighted by Gasteiger charge is -2.27. The van der Waals surface area contributed by atoms with Crippen LogP contribution in [0.1, 0.15) is 43.8 Å². The third-order valence-corrected chi connectivity index (χ3v) is 3.54. The molecule has 1 aliphatic rings. The maximum absolute atomic E-state index is 13.5. The third-order valence-electron chi connectivity index (χ3n) is 3.54. The molecule has 1 aliphatic carbocycles. The van der Waals surface area contributed by atoms with Crippen LogP contribution in [0.3, 0.4) is 0 Å². The van der Waals surface area contributed by atoms with Crippen molar-refractivity contribution >= 4 is 0 Å². The summed E-state index contributed by atoms with van der Waals surface area (Å²) in [6, 6.07) is 0.155. The molecule has 1 atom stereocenters. The average molecular weight is 262 g/mol. The Morgan fingerprint density at radius 1 is 0.944 bits per heavy atom. The van der Waals surface area contributed by atoms with Crippen LogP contribution < -0.4 is 0 Å². The van der Waals surface area contributed by atoms with Crippen molar-refractivity contribution in [2.24, 2.45) is 5.92 Å². The van der Waals surface area contributed by atoms with Gasteiger partial charge in [0.2, 0.25) is 0 Å². The highest BCUT2D eigenvalue weighted by molar-refractivity contribution is 5.25. The fourth-order valence-electron chi connectivity index (χ4n) is 2.54. The van der Waals surface area contributed by atoms with E-state index in [1.165, 1.54) is 0 Å². The van der Waals surface area contributed by atoms with Crippen molar-refractivity contribution in [2.75, 3.05) is 0 Å². The van der Waals surface area contributed by atoms with Gasteiger partial charge in [0.05, 0.1) is 11.7 Å². The minimum Gasteiger partial charge on any atom is -0.388 e. The molecule has 1 nitrogen and oxygen atoms in total. The Labute approximate surface area is 102 Å². The molecule has 100 valence electrons. The average Bonchev–Trinajstić information content (AvgIpc) is 2.37. The summed E-state index contributed by atoms with van der Waals surface area (Å²) in [5, 5.41) is 9.94. The fraction of sp³-hybridized carbons (Fsp3) is 0.538. The molecule has 0 radical (unpaired) electrons. The minimum absolute atomic E-state index is 0.155. The zero-order valence-corrected chi connectivity index (χ0v) is 9.73. The van der Waals surface area contributed by atoms with Crippen molar-refractivity contribution < 1.29 is 22.7 Å². The van der Waals surface area contributed by atoms with E-state index in [0.29, 0.717) is 12.8 Å². The first-order valence-electron chi connectivity index (χ1n) is 6.03. The van der Waals surface area contributed by atoms with E-state index < -0.39 is 34.9 Å². The van der Waals surface area contributed by atoms with E-state index in [1.807, 2.05) is 0 Å². The van der Waals surface area contributed by atoms with Gasteiger partial charge in [-0.15, -0.1) is 0 Å². The Kier molecular flexibility index (Phi) is 3.90. The lowest BCUT2D eigenvalue weighted by atomic mass is 9.82. The molecule has 0 aromatic heterocycles. The van der Waals surface area contributed by atoms with Crippen LogP contribution in [0.15, 0.2) is 6.07 Å². The number of aliphatic hydroxyl groups is 1. The summed E-state index contributed by atoms with van der Waals surface area (Å²) in [6.07, 6.45) is 2.43. The predicted molar refractivity (Wildman–Crippen MR) is 57.8 cm³/mol. The molecule has 1 aromatic carbocycles. The highest BCUT2D eigenvalue weighted by atomic mass is 19.2. The van der Waals surface area contributed by atoms with Gasteiger partial charge in [0.1, 0.15) is 0 Å². The largest absolute Gasteiger partial charge is 0.388 e. The molecule has 18 heavy (non-hydrogen) atoms. The molecule has 1 aromatic rings. The molecule has 0 saturated heterocycles. The zero-order chi connectivity index (χ0) is 13.3. The molecule has 0 heterocycles. The van der Waals surface area contributed by atoms with Crippen LogP contribution in [0.2, 0.25) is 0 Å². The van der Waals surface area contributed by atoms with E-state index in [2.05, 4.69) is 0 Å². The normalized spacial score (nSPS) is 18.9. The SMILES string of the molecule is OC(c1c(F)c(F)cc(F)c1F)C1CCCCC1. The van der Waals surface area contributed by atoms with Crippen LogP contribution in [0.4, 0.5) is 17.6 Å². The van der Waals surface area contributed by atoms with Gasteiger partial charge < -0.3 is 5.11 Å². The van der Waals surface area contributed by atoms with Gasteiger partial charge in [-0.25, -0.2) is 17.6 Å². The lowest BCUT2D eigenvalue weighted by Crippen LogP contribution is -2.19. The van der Waals surface area contributed by atoms with Crippen LogP contribution in [-0.2, 0) is 0 Å². The molecule has 1 N–H and O–H groups in total. The number of hydrogen-bond donors (Lipinski definition) is 1. The first-order valence-corrected chi connectivity index (χ1v) is 6.03. The van der Waals surface area contributed by atoms with Crippen LogP contribution in [-0.4, -0.2) is 5.11 Å². The molecule has 1 unspecified atom stereocenters. The van der Waals surface area contributed by atoms with Crippen molar-refractivity contribution in [3.8, 4) is 0 Å². The zero-order valence-electron chi connectivity index (χ0n) is 9.73. The van der Waals surface area contributed by atoms with Crippen molar-refractivity contribution in [1.82, 2.24) is 0 Å². The molecule has 0 bridgehead atoms. The van der Waals surface area contributed by atoms with Gasteiger partial charge in [0.25, 0.3) is 0 Å². The van der Waals surface area contributed by atoms with Crippen molar-refractivity contribution in [2.45, 2.75) is 38.2 Å². The van der Waals surface area contributed by atoms with Crippen LogP contribution >= 0.6 is 0 Å². The standard InChI is InChI=1S/C13H14F4O/c14-8-6-9(15)12(17)10(11(8)16)13(18)7-4-2-1-3-5-7/h6-7,13,18H,1-5H2. The predicted octanol–water partition coefficient (Wildman–Crippen LogP) is 3.86. The number of benzene rings is 1. The van der Waals surface area contributed by atoms with Crippen molar-refractivity contribution in [3.63, 3.8) is 0 Å². The topological polar surface area (TPSA) is 20.2 Å². The van der Waals surface area contributed by atoms with E-state index in [-0.39, 0.29) is 12.0 Å². The van der Waals surface area contributed by atoms with Crippen molar-refractivity contribution in [1.29, 1.82) is 0 Å². The molecule has 5 heteroatoms. The van der Waals surface area contributed by atoms with Gasteiger partial charge in [-0.2, -0.15) is 0 Å². The summed E-state index contributed by atoms with van der Waals surface area (Å²) in [5.41, 5.74) is -0.876. The molecule has 2 rings (SSSR count). The Balaban J connectivity index is 2.37. The molecule has 0 spiro atoms. The summed E-state index contributed by atoms with van der Waals surface area (Å²) in [7, 11) is 0. The Morgan fingerprint density at radius 3 is 1.94 bits per heavy atom. The molecular formula is C13H14F4O. The molecule has 1 saturated carbocycles. The second-order valence-electron chi connectivity index (χ2n) is 4.72. The van der Waals surface area contributed by atoms with Gasteiger partial charge in [-0.1, -0.05) is 19.3 Å². The highest BCUT2D eigenvalue weighted by Crippen LogP contribution is 2.37. The first kappa shape index (κ1) is 13.3. The van der Waals surface area contributed by atoms with Crippen LogP contribution in [0.5, 0.6) is 0 Å². The molecule has 0 aliphatic heterocycles. The summed E-state index contributed by atoms with van der Waals surface area (Å²) < 4.78 is 53.1. The van der Waals surface area contributed by atoms with Crippen LogP contribution in [0.25, 0.3) is 0 Å². The Morgan fingerprint density at radius 2 is 1.44 bits per heavy atom.